The van der Waals surface area contributed by atoms with Gasteiger partial charge < -0.3 is 14.6 Å². The number of aliphatic carboxylic acids is 1. The standard InChI is InChI=1S/C39H74O4S2.C8H14O2S2.CO2.CH4/c1-5-9-13-17-21-25-35(26-22-18-14-10-6-2)42-37(40)29-31-39(44-33-34-45-39)32-30-38(41)43-36(27-23-19-15-11-7-3)28-24-20-16-12-8-4;1-2-8(4-3-7(9)10)11-5-6-12-8;2-1-3;/h35-36H,5-34H2,1-4H3;2-6H2,1H3,(H,9,10);;1H4. The van der Waals surface area contributed by atoms with Gasteiger partial charge >= 0.3 is 24.1 Å². The van der Waals surface area contributed by atoms with E-state index in [-0.39, 0.29) is 45.9 Å². The lowest BCUT2D eigenvalue weighted by Crippen LogP contribution is -2.25. The van der Waals surface area contributed by atoms with Crippen molar-refractivity contribution in [3.63, 3.8) is 0 Å². The van der Waals surface area contributed by atoms with Crippen LogP contribution in [0.4, 0.5) is 0 Å². The largest absolute Gasteiger partial charge is 0.481 e. The van der Waals surface area contributed by atoms with Crippen LogP contribution in [-0.2, 0) is 33.4 Å². The molecule has 360 valence electrons. The number of carbonyl (C=O) groups is 3. The molecule has 0 atom stereocenters. The first kappa shape index (κ1) is 62.3. The number of carboxylic acid groups (broad SMARTS) is 1. The topological polar surface area (TPSA) is 124 Å². The van der Waals surface area contributed by atoms with E-state index in [9.17, 15) is 14.4 Å². The van der Waals surface area contributed by atoms with Crippen molar-refractivity contribution in [3.8, 4) is 0 Å². The van der Waals surface area contributed by atoms with Gasteiger partial charge in [-0.25, -0.2) is 0 Å². The van der Waals surface area contributed by atoms with Gasteiger partial charge in [-0.15, -0.1) is 47.0 Å². The Bertz CT molecular complexity index is 995. The second-order valence-electron chi connectivity index (χ2n) is 16.6. The molecule has 0 bridgehead atoms. The summed E-state index contributed by atoms with van der Waals surface area (Å²) in [4.78, 5) is 52.9. The molecule has 0 saturated carbocycles. The van der Waals surface area contributed by atoms with E-state index in [0.717, 1.165) is 88.6 Å². The highest BCUT2D eigenvalue weighted by Gasteiger charge is 2.37. The number of rotatable bonds is 36. The molecule has 2 saturated heterocycles. The fraction of sp³-hybridized carbons (Fsp3) is 0.918. The second-order valence-corrected chi connectivity index (χ2v) is 23.0. The Hall–Kier alpha value is -0.810. The summed E-state index contributed by atoms with van der Waals surface area (Å²) in [6.45, 7) is 11.2. The Balaban J connectivity index is 0. The molecule has 2 rings (SSSR count). The summed E-state index contributed by atoms with van der Waals surface area (Å²) in [5.74, 6) is 3.79. The Morgan fingerprint density at radius 3 is 1.05 bits per heavy atom. The average molecular weight is 938 g/mol. The number of esters is 2. The van der Waals surface area contributed by atoms with Gasteiger partial charge in [0, 0.05) is 42.3 Å². The number of carbonyl (C=O) groups excluding carboxylic acids is 4. The number of unbranched alkanes of at least 4 members (excludes halogenated alkanes) is 16. The van der Waals surface area contributed by atoms with E-state index in [2.05, 4.69) is 34.6 Å². The van der Waals surface area contributed by atoms with Gasteiger partial charge in [0.25, 0.3) is 0 Å². The first-order chi connectivity index (χ1) is 29.1. The van der Waals surface area contributed by atoms with E-state index >= 15 is 0 Å². The van der Waals surface area contributed by atoms with Gasteiger partial charge in [0.2, 0.25) is 0 Å². The maximum atomic E-state index is 13.1. The molecule has 0 aromatic heterocycles. The zero-order chi connectivity index (χ0) is 44.6. The maximum Gasteiger partial charge on any atom is 0.373 e. The molecule has 0 aromatic rings. The molecule has 2 fully saturated rings. The smallest absolute Gasteiger partial charge is 0.373 e. The fourth-order valence-electron chi connectivity index (χ4n) is 7.73. The van der Waals surface area contributed by atoms with Crippen molar-refractivity contribution >= 4 is 71.1 Å². The zero-order valence-electron chi connectivity index (χ0n) is 38.8. The van der Waals surface area contributed by atoms with Crippen molar-refractivity contribution in [2.45, 2.75) is 261 Å². The minimum Gasteiger partial charge on any atom is -0.481 e. The third-order valence-corrected chi connectivity index (χ3v) is 18.9. The summed E-state index contributed by atoms with van der Waals surface area (Å²) < 4.78 is 12.4. The predicted octanol–water partition coefficient (Wildman–Crippen LogP) is 15.5. The number of ether oxygens (including phenoxy) is 2. The van der Waals surface area contributed by atoms with Crippen LogP contribution >= 0.6 is 47.0 Å². The summed E-state index contributed by atoms with van der Waals surface area (Å²) >= 11 is 7.75. The van der Waals surface area contributed by atoms with Gasteiger partial charge in [-0.1, -0.05) is 145 Å². The Kier molecular flexibility index (Phi) is 44.0. The highest BCUT2D eigenvalue weighted by Crippen LogP contribution is 2.51. The van der Waals surface area contributed by atoms with Crippen molar-refractivity contribution in [3.05, 3.63) is 0 Å². The lowest BCUT2D eigenvalue weighted by molar-refractivity contribution is -0.191. The third kappa shape index (κ3) is 35.2. The average Bonchev–Trinajstić information content (AvgIpc) is 3.92. The van der Waals surface area contributed by atoms with Gasteiger partial charge in [0.1, 0.15) is 12.2 Å². The van der Waals surface area contributed by atoms with Crippen molar-refractivity contribution < 1.29 is 38.6 Å². The van der Waals surface area contributed by atoms with Crippen molar-refractivity contribution in [2.75, 3.05) is 23.0 Å². The van der Waals surface area contributed by atoms with Crippen LogP contribution in [0, 0.1) is 0 Å². The Labute approximate surface area is 392 Å². The summed E-state index contributed by atoms with van der Waals surface area (Å²) in [6.07, 6.45) is 34.0. The van der Waals surface area contributed by atoms with Gasteiger partial charge in [0.05, 0.1) is 8.16 Å². The van der Waals surface area contributed by atoms with Crippen LogP contribution in [0.3, 0.4) is 0 Å². The Morgan fingerprint density at radius 2 is 0.770 bits per heavy atom. The lowest BCUT2D eigenvalue weighted by atomic mass is 10.0. The lowest BCUT2D eigenvalue weighted by Gasteiger charge is -2.27. The van der Waals surface area contributed by atoms with Gasteiger partial charge in [-0.05, 0) is 77.0 Å². The normalized spacial score (nSPS) is 14.9. The van der Waals surface area contributed by atoms with E-state index in [1.807, 2.05) is 47.0 Å². The number of thioether (sulfide) groups is 4. The van der Waals surface area contributed by atoms with Crippen LogP contribution in [0.5, 0.6) is 0 Å². The molecule has 61 heavy (non-hydrogen) atoms. The van der Waals surface area contributed by atoms with Crippen molar-refractivity contribution in [2.24, 2.45) is 0 Å². The molecule has 0 aliphatic carbocycles. The molecule has 2 aliphatic rings. The van der Waals surface area contributed by atoms with Gasteiger partial charge in [0.15, 0.2) is 0 Å². The number of carboxylic acids is 1. The highest BCUT2D eigenvalue weighted by atomic mass is 32.2. The highest BCUT2D eigenvalue weighted by molar-refractivity contribution is 8.21. The summed E-state index contributed by atoms with van der Waals surface area (Å²) in [5.41, 5.74) is 0. The third-order valence-electron chi connectivity index (χ3n) is 11.4. The molecule has 1 N–H and O–H groups in total. The molecular weight excluding hydrogens is 845 g/mol. The summed E-state index contributed by atoms with van der Waals surface area (Å²) in [7, 11) is 0. The van der Waals surface area contributed by atoms with E-state index in [0.29, 0.717) is 19.3 Å². The van der Waals surface area contributed by atoms with Crippen LogP contribution in [0.1, 0.15) is 241 Å². The minimum absolute atomic E-state index is 0. The monoisotopic (exact) mass is 937 g/mol. The van der Waals surface area contributed by atoms with Crippen LogP contribution in [0.15, 0.2) is 0 Å². The summed E-state index contributed by atoms with van der Waals surface area (Å²) in [6, 6.07) is 0. The van der Waals surface area contributed by atoms with Crippen LogP contribution < -0.4 is 0 Å². The molecule has 12 heteroatoms. The first-order valence-corrected chi connectivity index (χ1v) is 28.2. The molecule has 0 amide bonds. The molecule has 0 radical (unpaired) electrons. The minimum atomic E-state index is -0.670. The van der Waals surface area contributed by atoms with Gasteiger partial charge in [-0.2, -0.15) is 9.59 Å². The molecule has 0 spiro atoms. The number of hydrogen-bond acceptors (Lipinski definition) is 11. The predicted molar refractivity (Wildman–Crippen MR) is 266 cm³/mol. The van der Waals surface area contributed by atoms with E-state index < -0.39 is 5.97 Å². The molecular formula is C49H92O8S4. The fourth-order valence-corrected chi connectivity index (χ4v) is 14.1. The first-order valence-electron chi connectivity index (χ1n) is 24.2. The maximum absolute atomic E-state index is 13.1. The summed E-state index contributed by atoms with van der Waals surface area (Å²) in [5, 5.41) is 8.57. The van der Waals surface area contributed by atoms with E-state index in [1.165, 1.54) is 114 Å². The van der Waals surface area contributed by atoms with Crippen LogP contribution in [-0.4, -0.2) is 72.5 Å². The van der Waals surface area contributed by atoms with E-state index in [4.69, 9.17) is 24.2 Å². The molecule has 2 aliphatic heterocycles. The zero-order valence-corrected chi connectivity index (χ0v) is 42.1. The molecule has 8 nitrogen and oxygen atoms in total. The molecule has 2 heterocycles. The molecule has 0 unspecified atom stereocenters. The van der Waals surface area contributed by atoms with Gasteiger partial charge in [-0.3, -0.25) is 14.4 Å². The second kappa shape index (κ2) is 43.1. The number of hydrogen-bond donors (Lipinski definition) is 1. The van der Waals surface area contributed by atoms with Crippen LogP contribution in [0.25, 0.3) is 0 Å². The Morgan fingerprint density at radius 1 is 0.492 bits per heavy atom. The van der Waals surface area contributed by atoms with Crippen molar-refractivity contribution in [1.29, 1.82) is 0 Å². The van der Waals surface area contributed by atoms with Crippen molar-refractivity contribution in [1.82, 2.24) is 0 Å². The quantitative estimate of drug-likeness (QED) is 0.0475. The van der Waals surface area contributed by atoms with Crippen LogP contribution in [0.2, 0.25) is 0 Å². The van der Waals surface area contributed by atoms with E-state index in [1.54, 1.807) is 0 Å². The molecule has 0 aromatic carbocycles. The SMILES string of the molecule is C.CCC1(CCC(=O)O)SCCS1.CCCCCCCC(CCCCCCC)OC(=O)CCC1(CCC(=O)OC(CCCCCCC)CCCCCCC)SCCS1.O=C=O.